The van der Waals surface area contributed by atoms with Crippen LogP contribution in [0.3, 0.4) is 0 Å². The third kappa shape index (κ3) is 5.08. The molecule has 154 valence electrons. The third-order valence-electron chi connectivity index (χ3n) is 8.23. The molecule has 0 saturated heterocycles. The van der Waals surface area contributed by atoms with Gasteiger partial charge >= 0.3 is 0 Å². The molecular weight excluding hydrogens is 328 g/mol. The molecule has 0 unspecified atom stereocenters. The lowest BCUT2D eigenvalue weighted by Crippen LogP contribution is -2.36. The standard InChI is InChI=1S/C26H44O/c1-19(2)8-5-9-20(3)24-15-16-25-22(11-7-17-26(24,25)4)14-13-21-10-6-12-23(27)18-21/h13-14,19-20,23-25,27H,5-12,15-18H2,1-4H3/b21-13+,22-14+/t20-,23+,24-,25+,26-/m1/s1. The molecule has 5 atom stereocenters. The molecule has 3 aliphatic rings. The van der Waals surface area contributed by atoms with Crippen LogP contribution in [0.2, 0.25) is 0 Å². The van der Waals surface area contributed by atoms with Gasteiger partial charge in [-0.3, -0.25) is 0 Å². The van der Waals surface area contributed by atoms with E-state index >= 15 is 0 Å². The average molecular weight is 373 g/mol. The summed E-state index contributed by atoms with van der Waals surface area (Å²) in [4.78, 5) is 0. The highest BCUT2D eigenvalue weighted by atomic mass is 16.3. The second kappa shape index (κ2) is 9.29. The highest BCUT2D eigenvalue weighted by Gasteiger charge is 2.50. The van der Waals surface area contributed by atoms with E-state index in [0.717, 1.165) is 42.9 Å². The van der Waals surface area contributed by atoms with Crippen LogP contribution in [0.25, 0.3) is 0 Å². The van der Waals surface area contributed by atoms with Crippen molar-refractivity contribution in [2.45, 2.75) is 111 Å². The summed E-state index contributed by atoms with van der Waals surface area (Å²) >= 11 is 0. The van der Waals surface area contributed by atoms with E-state index in [1.165, 1.54) is 63.4 Å². The van der Waals surface area contributed by atoms with E-state index in [1.807, 2.05) is 0 Å². The fraction of sp³-hybridized carbons (Fsp3) is 0.846. The molecule has 0 amide bonds. The summed E-state index contributed by atoms with van der Waals surface area (Å²) < 4.78 is 0. The third-order valence-corrected chi connectivity index (χ3v) is 8.23. The molecule has 3 saturated carbocycles. The van der Waals surface area contributed by atoms with E-state index in [9.17, 15) is 5.11 Å². The minimum Gasteiger partial charge on any atom is -0.393 e. The molecule has 0 aliphatic heterocycles. The first-order chi connectivity index (χ1) is 12.9. The summed E-state index contributed by atoms with van der Waals surface area (Å²) in [5.74, 6) is 3.46. The SMILES string of the molecule is CC(C)CCC[C@@H](C)[C@H]1CC[C@H]2/C(=C/C=C3\CCC[C@H](O)C3)CCC[C@]12C. The van der Waals surface area contributed by atoms with Crippen molar-refractivity contribution in [2.75, 3.05) is 0 Å². The Morgan fingerprint density at radius 3 is 2.59 bits per heavy atom. The maximum absolute atomic E-state index is 9.95. The highest BCUT2D eigenvalue weighted by molar-refractivity contribution is 5.25. The smallest absolute Gasteiger partial charge is 0.0577 e. The van der Waals surface area contributed by atoms with Crippen molar-refractivity contribution in [3.05, 3.63) is 23.3 Å². The number of aliphatic hydroxyl groups excluding tert-OH is 1. The Balaban J connectivity index is 1.66. The van der Waals surface area contributed by atoms with Gasteiger partial charge in [-0.15, -0.1) is 0 Å². The molecule has 1 nitrogen and oxygen atoms in total. The van der Waals surface area contributed by atoms with Crippen molar-refractivity contribution in [2.24, 2.45) is 29.1 Å². The fourth-order valence-corrected chi connectivity index (χ4v) is 6.71. The van der Waals surface area contributed by atoms with Gasteiger partial charge in [0.25, 0.3) is 0 Å². The van der Waals surface area contributed by atoms with Crippen LogP contribution in [-0.4, -0.2) is 11.2 Å². The van der Waals surface area contributed by atoms with E-state index < -0.39 is 0 Å². The molecule has 0 heterocycles. The molecule has 0 aromatic rings. The molecule has 27 heavy (non-hydrogen) atoms. The quantitative estimate of drug-likeness (QED) is 0.513. The second-order valence-electron chi connectivity index (χ2n) is 10.7. The van der Waals surface area contributed by atoms with E-state index in [2.05, 4.69) is 39.8 Å². The summed E-state index contributed by atoms with van der Waals surface area (Å²) in [6, 6.07) is 0. The predicted octanol–water partition coefficient (Wildman–Crippen LogP) is 7.45. The van der Waals surface area contributed by atoms with Gasteiger partial charge in [0.1, 0.15) is 0 Å². The lowest BCUT2D eigenvalue weighted by Gasteiger charge is -2.44. The maximum atomic E-state index is 9.95. The van der Waals surface area contributed by atoms with Crippen LogP contribution in [0.1, 0.15) is 105 Å². The first-order valence-corrected chi connectivity index (χ1v) is 12.0. The van der Waals surface area contributed by atoms with Gasteiger partial charge in [-0.1, -0.05) is 70.3 Å². The Morgan fingerprint density at radius 2 is 1.85 bits per heavy atom. The number of fused-ring (bicyclic) bond motifs is 1. The Kier molecular flexibility index (Phi) is 7.28. The monoisotopic (exact) mass is 372 g/mol. The van der Waals surface area contributed by atoms with Crippen molar-refractivity contribution in [3.8, 4) is 0 Å². The molecule has 0 aromatic carbocycles. The Bertz CT molecular complexity index is 542. The largest absolute Gasteiger partial charge is 0.393 e. The molecule has 1 N–H and O–H groups in total. The zero-order valence-corrected chi connectivity index (χ0v) is 18.5. The number of rotatable bonds is 6. The Labute approximate surface area is 168 Å². The van der Waals surface area contributed by atoms with Gasteiger partial charge in [0.15, 0.2) is 0 Å². The van der Waals surface area contributed by atoms with Crippen molar-refractivity contribution < 1.29 is 5.11 Å². The number of allylic oxidation sites excluding steroid dienone is 3. The lowest BCUT2D eigenvalue weighted by molar-refractivity contribution is 0.0928. The van der Waals surface area contributed by atoms with Crippen molar-refractivity contribution >= 4 is 0 Å². The predicted molar refractivity (Wildman–Crippen MR) is 117 cm³/mol. The van der Waals surface area contributed by atoms with Gasteiger partial charge in [0.2, 0.25) is 0 Å². The van der Waals surface area contributed by atoms with Crippen LogP contribution in [0, 0.1) is 29.1 Å². The molecule has 0 aromatic heterocycles. The van der Waals surface area contributed by atoms with Crippen LogP contribution in [0.4, 0.5) is 0 Å². The number of hydrogen-bond donors (Lipinski definition) is 1. The highest BCUT2D eigenvalue weighted by Crippen LogP contribution is 2.59. The van der Waals surface area contributed by atoms with Crippen molar-refractivity contribution in [1.29, 1.82) is 0 Å². The van der Waals surface area contributed by atoms with E-state index in [1.54, 1.807) is 5.57 Å². The molecule has 0 bridgehead atoms. The maximum Gasteiger partial charge on any atom is 0.0577 e. The Morgan fingerprint density at radius 1 is 1.04 bits per heavy atom. The zero-order valence-electron chi connectivity index (χ0n) is 18.5. The zero-order chi connectivity index (χ0) is 19.4. The molecular formula is C26H44O. The minimum atomic E-state index is -0.0948. The van der Waals surface area contributed by atoms with Crippen molar-refractivity contribution in [3.63, 3.8) is 0 Å². The average Bonchev–Trinajstić information content (AvgIpc) is 2.97. The van der Waals surface area contributed by atoms with Gasteiger partial charge in [-0.05, 0) is 86.9 Å². The summed E-state index contributed by atoms with van der Waals surface area (Å²) in [5, 5.41) is 9.95. The van der Waals surface area contributed by atoms with Crippen LogP contribution in [-0.2, 0) is 0 Å². The van der Waals surface area contributed by atoms with Crippen LogP contribution in [0.15, 0.2) is 23.3 Å². The molecule has 3 aliphatic carbocycles. The topological polar surface area (TPSA) is 20.2 Å². The number of hydrogen-bond acceptors (Lipinski definition) is 1. The lowest BCUT2D eigenvalue weighted by atomic mass is 9.60. The van der Waals surface area contributed by atoms with E-state index in [-0.39, 0.29) is 6.10 Å². The minimum absolute atomic E-state index is 0.0948. The first-order valence-electron chi connectivity index (χ1n) is 12.0. The van der Waals surface area contributed by atoms with Crippen LogP contribution < -0.4 is 0 Å². The molecule has 0 radical (unpaired) electrons. The summed E-state index contributed by atoms with van der Waals surface area (Å²) in [7, 11) is 0. The molecule has 0 spiro atoms. The van der Waals surface area contributed by atoms with Gasteiger partial charge in [0.05, 0.1) is 6.10 Å². The van der Waals surface area contributed by atoms with Gasteiger partial charge in [-0.25, -0.2) is 0 Å². The number of aliphatic hydroxyl groups is 1. The molecule has 1 heteroatoms. The van der Waals surface area contributed by atoms with E-state index in [0.29, 0.717) is 5.41 Å². The Hall–Kier alpha value is -0.560. The molecule has 3 fully saturated rings. The normalized spacial score (nSPS) is 38.5. The second-order valence-corrected chi connectivity index (χ2v) is 10.7. The van der Waals surface area contributed by atoms with Crippen LogP contribution >= 0.6 is 0 Å². The van der Waals surface area contributed by atoms with Gasteiger partial charge in [-0.2, -0.15) is 0 Å². The van der Waals surface area contributed by atoms with Gasteiger partial charge in [0, 0.05) is 0 Å². The fourth-order valence-electron chi connectivity index (χ4n) is 6.71. The van der Waals surface area contributed by atoms with Crippen molar-refractivity contribution in [1.82, 2.24) is 0 Å². The summed E-state index contributed by atoms with van der Waals surface area (Å²) in [6.07, 6.45) is 20.2. The summed E-state index contributed by atoms with van der Waals surface area (Å²) in [5.41, 5.74) is 3.74. The van der Waals surface area contributed by atoms with Gasteiger partial charge < -0.3 is 5.11 Å². The molecule has 3 rings (SSSR count). The first kappa shape index (κ1) is 21.2. The van der Waals surface area contributed by atoms with E-state index in [4.69, 9.17) is 0 Å². The summed E-state index contributed by atoms with van der Waals surface area (Å²) in [6.45, 7) is 9.88. The van der Waals surface area contributed by atoms with Crippen LogP contribution in [0.5, 0.6) is 0 Å².